The van der Waals surface area contributed by atoms with Crippen LogP contribution < -0.4 is 5.73 Å². The molecule has 0 radical (unpaired) electrons. The normalized spacial score (nSPS) is 37.9. The molecule has 0 bridgehead atoms. The van der Waals surface area contributed by atoms with Gasteiger partial charge in [-0.15, -0.1) is 0 Å². The molecule has 1 aliphatic rings. The number of rotatable bonds is 3. The lowest BCUT2D eigenvalue weighted by Gasteiger charge is -2.24. The number of aliphatic hydroxyl groups excluding tert-OH is 1. The second-order valence-corrected chi connectivity index (χ2v) is 6.42. The summed E-state index contributed by atoms with van der Waals surface area (Å²) in [6.45, 7) is 2.07. The maximum atomic E-state index is 11.5. The molecule has 3 N–H and O–H groups in total. The number of aliphatic hydroxyl groups is 1. The predicted molar refractivity (Wildman–Crippen MR) is 51.1 cm³/mol. The number of sulfone groups is 1. The van der Waals surface area contributed by atoms with Crippen LogP contribution >= 0.6 is 0 Å². The summed E-state index contributed by atoms with van der Waals surface area (Å²) in [5, 5.41) is 8.53. The van der Waals surface area contributed by atoms with E-state index in [-0.39, 0.29) is 23.0 Å². The van der Waals surface area contributed by atoms with Crippen molar-refractivity contribution in [1.29, 1.82) is 0 Å². The van der Waals surface area contributed by atoms with E-state index >= 15 is 0 Å². The molecule has 0 amide bonds. The second-order valence-electron chi connectivity index (χ2n) is 4.00. The fourth-order valence-corrected chi connectivity index (χ4v) is 4.15. The first kappa shape index (κ1) is 10.9. The van der Waals surface area contributed by atoms with Crippen LogP contribution in [0.3, 0.4) is 0 Å². The smallest absolute Gasteiger partial charge is 0.153 e. The Morgan fingerprint density at radius 2 is 2.23 bits per heavy atom. The molecular weight excluding hydrogens is 190 g/mol. The summed E-state index contributed by atoms with van der Waals surface area (Å²) in [6, 6.07) is 0. The fraction of sp³-hybridized carbons (Fsp3) is 1.00. The van der Waals surface area contributed by atoms with E-state index in [4.69, 9.17) is 10.8 Å². The van der Waals surface area contributed by atoms with Crippen LogP contribution in [0.2, 0.25) is 0 Å². The third kappa shape index (κ3) is 2.03. The molecule has 0 aromatic rings. The van der Waals surface area contributed by atoms with Crippen LogP contribution in [-0.2, 0) is 9.84 Å². The summed E-state index contributed by atoms with van der Waals surface area (Å²) < 4.78 is 22.9. The van der Waals surface area contributed by atoms with Crippen LogP contribution in [0.15, 0.2) is 0 Å². The van der Waals surface area contributed by atoms with Gasteiger partial charge in [0.05, 0.1) is 11.0 Å². The first-order valence-electron chi connectivity index (χ1n) is 4.48. The van der Waals surface area contributed by atoms with Gasteiger partial charge in [0.1, 0.15) is 0 Å². The molecule has 5 heteroatoms. The SMILES string of the molecule is CC1CC(CN)(CCO)CS1(=O)=O. The number of hydrogen-bond acceptors (Lipinski definition) is 4. The molecule has 0 spiro atoms. The number of hydrogen-bond donors (Lipinski definition) is 2. The molecule has 2 unspecified atom stereocenters. The lowest BCUT2D eigenvalue weighted by Crippen LogP contribution is -2.32. The maximum Gasteiger partial charge on any atom is 0.153 e. The van der Waals surface area contributed by atoms with Gasteiger partial charge in [0.2, 0.25) is 0 Å². The van der Waals surface area contributed by atoms with Gasteiger partial charge in [0.25, 0.3) is 0 Å². The van der Waals surface area contributed by atoms with Crippen LogP contribution in [0.4, 0.5) is 0 Å². The second kappa shape index (κ2) is 3.55. The van der Waals surface area contributed by atoms with Gasteiger partial charge >= 0.3 is 0 Å². The lowest BCUT2D eigenvalue weighted by molar-refractivity contribution is 0.202. The molecule has 4 nitrogen and oxygen atoms in total. The summed E-state index contributed by atoms with van der Waals surface area (Å²) in [5.74, 6) is 0.137. The number of nitrogens with two attached hydrogens (primary N) is 1. The fourth-order valence-electron chi connectivity index (χ4n) is 2.02. The molecule has 1 fully saturated rings. The predicted octanol–water partition coefficient (Wildman–Crippen LogP) is -0.479. The van der Waals surface area contributed by atoms with Crippen LogP contribution in [0.5, 0.6) is 0 Å². The minimum atomic E-state index is -2.96. The zero-order valence-electron chi connectivity index (χ0n) is 7.86. The van der Waals surface area contributed by atoms with E-state index in [2.05, 4.69) is 0 Å². The van der Waals surface area contributed by atoms with Gasteiger partial charge in [-0.25, -0.2) is 8.42 Å². The summed E-state index contributed by atoms with van der Waals surface area (Å²) in [7, 11) is -2.96. The Hall–Kier alpha value is -0.130. The van der Waals surface area contributed by atoms with Crippen molar-refractivity contribution in [2.75, 3.05) is 18.9 Å². The van der Waals surface area contributed by atoms with Gasteiger partial charge in [-0.05, 0) is 31.7 Å². The molecule has 13 heavy (non-hydrogen) atoms. The zero-order valence-corrected chi connectivity index (χ0v) is 8.68. The molecule has 1 heterocycles. The highest BCUT2D eigenvalue weighted by Gasteiger charge is 2.45. The molecular formula is C8H17NO3S. The highest BCUT2D eigenvalue weighted by atomic mass is 32.2. The van der Waals surface area contributed by atoms with Crippen molar-refractivity contribution in [3.63, 3.8) is 0 Å². The van der Waals surface area contributed by atoms with Crippen molar-refractivity contribution < 1.29 is 13.5 Å². The van der Waals surface area contributed by atoms with E-state index in [0.29, 0.717) is 19.4 Å². The Bertz CT molecular complexity index is 275. The van der Waals surface area contributed by atoms with E-state index in [1.807, 2.05) is 0 Å². The van der Waals surface area contributed by atoms with Crippen molar-refractivity contribution in [3.05, 3.63) is 0 Å². The Morgan fingerprint density at radius 3 is 2.54 bits per heavy atom. The molecule has 0 aliphatic carbocycles. The van der Waals surface area contributed by atoms with Gasteiger partial charge in [-0.3, -0.25) is 0 Å². The van der Waals surface area contributed by atoms with Crippen molar-refractivity contribution in [3.8, 4) is 0 Å². The van der Waals surface area contributed by atoms with Crippen LogP contribution in [0.25, 0.3) is 0 Å². The van der Waals surface area contributed by atoms with E-state index < -0.39 is 9.84 Å². The Labute approximate surface area is 79.0 Å². The quantitative estimate of drug-likeness (QED) is 0.655. The summed E-state index contributed by atoms with van der Waals surface area (Å²) in [4.78, 5) is 0. The molecule has 1 aliphatic heterocycles. The highest BCUT2D eigenvalue weighted by molar-refractivity contribution is 7.92. The monoisotopic (exact) mass is 207 g/mol. The van der Waals surface area contributed by atoms with Crippen LogP contribution in [-0.4, -0.2) is 37.7 Å². The topological polar surface area (TPSA) is 80.4 Å². The summed E-state index contributed by atoms with van der Waals surface area (Å²) in [5.41, 5.74) is 5.19. The average molecular weight is 207 g/mol. The molecule has 78 valence electrons. The Balaban J connectivity index is 2.84. The van der Waals surface area contributed by atoms with Crippen molar-refractivity contribution in [2.45, 2.75) is 25.0 Å². The molecule has 1 saturated heterocycles. The third-order valence-electron chi connectivity index (χ3n) is 2.92. The van der Waals surface area contributed by atoms with E-state index in [9.17, 15) is 8.42 Å². The van der Waals surface area contributed by atoms with Crippen LogP contribution in [0.1, 0.15) is 19.8 Å². The standard InChI is InChI=1S/C8H17NO3S/c1-7-4-8(5-9,2-3-10)6-13(7,11)12/h7,10H,2-6,9H2,1H3. The van der Waals surface area contributed by atoms with Crippen LogP contribution in [0, 0.1) is 5.41 Å². The molecule has 0 aromatic carbocycles. The Morgan fingerprint density at radius 1 is 1.62 bits per heavy atom. The van der Waals surface area contributed by atoms with E-state index in [1.54, 1.807) is 6.92 Å². The molecule has 2 atom stereocenters. The first-order valence-corrected chi connectivity index (χ1v) is 6.20. The van der Waals surface area contributed by atoms with E-state index in [0.717, 1.165) is 0 Å². The molecule has 0 aromatic heterocycles. The largest absolute Gasteiger partial charge is 0.396 e. The average Bonchev–Trinajstić information content (AvgIpc) is 2.24. The zero-order chi connectivity index (χ0) is 10.1. The van der Waals surface area contributed by atoms with E-state index in [1.165, 1.54) is 0 Å². The van der Waals surface area contributed by atoms with Gasteiger partial charge < -0.3 is 10.8 Å². The van der Waals surface area contributed by atoms with Crippen molar-refractivity contribution in [1.82, 2.24) is 0 Å². The minimum absolute atomic E-state index is 0.0133. The van der Waals surface area contributed by atoms with Gasteiger partial charge in [0.15, 0.2) is 9.84 Å². The Kier molecular flexibility index (Phi) is 2.99. The van der Waals surface area contributed by atoms with Gasteiger partial charge in [-0.2, -0.15) is 0 Å². The minimum Gasteiger partial charge on any atom is -0.396 e. The summed E-state index contributed by atoms with van der Waals surface area (Å²) in [6.07, 6.45) is 1.08. The van der Waals surface area contributed by atoms with Crippen molar-refractivity contribution in [2.24, 2.45) is 11.1 Å². The van der Waals surface area contributed by atoms with Gasteiger partial charge in [0, 0.05) is 6.61 Å². The highest BCUT2D eigenvalue weighted by Crippen LogP contribution is 2.38. The lowest BCUT2D eigenvalue weighted by atomic mass is 9.83. The maximum absolute atomic E-state index is 11.5. The third-order valence-corrected chi connectivity index (χ3v) is 5.32. The van der Waals surface area contributed by atoms with Gasteiger partial charge in [-0.1, -0.05) is 0 Å². The van der Waals surface area contributed by atoms with Crippen molar-refractivity contribution >= 4 is 9.84 Å². The first-order chi connectivity index (χ1) is 5.96. The summed E-state index contributed by atoms with van der Waals surface area (Å²) >= 11 is 0. The molecule has 1 rings (SSSR count). The molecule has 0 saturated carbocycles.